The molecule has 2 rings (SSSR count). The highest BCUT2D eigenvalue weighted by molar-refractivity contribution is 7.89. The predicted octanol–water partition coefficient (Wildman–Crippen LogP) is 1.68. The number of hydrogen-bond donors (Lipinski definition) is 3. The fraction of sp³-hybridized carbons (Fsp3) is 0.167. The van der Waals surface area contributed by atoms with Crippen molar-refractivity contribution < 1.29 is 12.8 Å². The number of primary sulfonamides is 1. The van der Waals surface area contributed by atoms with E-state index in [0.29, 0.717) is 11.4 Å². The largest absolute Gasteiger partial charge is 0.467 e. The first-order chi connectivity index (χ1) is 8.88. The Balaban J connectivity index is 2.30. The molecule has 0 saturated carbocycles. The molecule has 0 fully saturated rings. The van der Waals surface area contributed by atoms with Crippen LogP contribution in [0.1, 0.15) is 18.7 Å². The molecule has 0 aliphatic heterocycles. The number of sulfonamides is 1. The van der Waals surface area contributed by atoms with Gasteiger partial charge >= 0.3 is 0 Å². The molecular weight excluding hydrogens is 266 g/mol. The van der Waals surface area contributed by atoms with E-state index < -0.39 is 10.0 Å². The summed E-state index contributed by atoms with van der Waals surface area (Å²) < 4.78 is 27.9. The fourth-order valence-corrected chi connectivity index (χ4v) is 2.22. The van der Waals surface area contributed by atoms with Crippen LogP contribution in [0.3, 0.4) is 0 Å². The molecule has 1 atom stereocenters. The summed E-state index contributed by atoms with van der Waals surface area (Å²) in [6, 6.07) is 7.72. The monoisotopic (exact) mass is 281 g/mol. The Kier molecular flexibility index (Phi) is 3.50. The smallest absolute Gasteiger partial charge is 0.238 e. The fourth-order valence-electron chi connectivity index (χ4n) is 1.68. The SMILES string of the molecule is CC(Nc1cc(S(N)(=O)=O)ccc1N)c1ccco1. The highest BCUT2D eigenvalue weighted by Gasteiger charge is 2.13. The van der Waals surface area contributed by atoms with Crippen LogP contribution in [0.25, 0.3) is 0 Å². The molecule has 1 unspecified atom stereocenters. The summed E-state index contributed by atoms with van der Waals surface area (Å²) in [6.45, 7) is 1.88. The molecule has 0 aliphatic carbocycles. The Morgan fingerprint density at radius 1 is 1.32 bits per heavy atom. The lowest BCUT2D eigenvalue weighted by atomic mass is 10.2. The van der Waals surface area contributed by atoms with Gasteiger partial charge in [-0.25, -0.2) is 13.6 Å². The van der Waals surface area contributed by atoms with E-state index in [-0.39, 0.29) is 10.9 Å². The van der Waals surface area contributed by atoms with E-state index in [1.165, 1.54) is 18.2 Å². The van der Waals surface area contributed by atoms with Crippen LogP contribution in [-0.2, 0) is 10.0 Å². The van der Waals surface area contributed by atoms with Gasteiger partial charge in [-0.2, -0.15) is 0 Å². The van der Waals surface area contributed by atoms with E-state index in [1.807, 2.05) is 13.0 Å². The molecule has 7 heteroatoms. The van der Waals surface area contributed by atoms with Crippen LogP contribution in [0.5, 0.6) is 0 Å². The highest BCUT2D eigenvalue weighted by atomic mass is 32.2. The van der Waals surface area contributed by atoms with E-state index in [2.05, 4.69) is 5.32 Å². The second-order valence-electron chi connectivity index (χ2n) is 4.18. The molecule has 102 valence electrons. The summed E-state index contributed by atoms with van der Waals surface area (Å²) in [4.78, 5) is 0.0100. The van der Waals surface area contributed by atoms with Crippen molar-refractivity contribution in [3.05, 3.63) is 42.4 Å². The molecule has 0 saturated heterocycles. The molecule has 1 heterocycles. The maximum atomic E-state index is 11.3. The summed E-state index contributed by atoms with van der Waals surface area (Å²) in [7, 11) is -3.75. The summed E-state index contributed by atoms with van der Waals surface area (Å²) in [5.74, 6) is 0.723. The van der Waals surface area contributed by atoms with Crippen LogP contribution in [0, 0.1) is 0 Å². The molecule has 6 nitrogen and oxygen atoms in total. The number of rotatable bonds is 4. The number of furan rings is 1. The zero-order valence-corrected chi connectivity index (χ0v) is 11.1. The second kappa shape index (κ2) is 4.94. The Labute approximate surface area is 111 Å². The topological polar surface area (TPSA) is 111 Å². The summed E-state index contributed by atoms with van der Waals surface area (Å²) in [5, 5.41) is 8.17. The van der Waals surface area contributed by atoms with Gasteiger partial charge in [0, 0.05) is 0 Å². The molecule has 2 aromatic rings. The molecular formula is C12H15N3O3S. The zero-order valence-electron chi connectivity index (χ0n) is 10.3. The summed E-state index contributed by atoms with van der Waals surface area (Å²) in [6.07, 6.45) is 1.57. The quantitative estimate of drug-likeness (QED) is 0.738. The van der Waals surface area contributed by atoms with Crippen molar-refractivity contribution in [2.45, 2.75) is 17.9 Å². The normalized spacial score (nSPS) is 13.2. The predicted molar refractivity (Wildman–Crippen MR) is 73.0 cm³/mol. The third-order valence-electron chi connectivity index (χ3n) is 2.70. The third kappa shape index (κ3) is 3.07. The molecule has 19 heavy (non-hydrogen) atoms. The van der Waals surface area contributed by atoms with Crippen LogP contribution in [0.2, 0.25) is 0 Å². The van der Waals surface area contributed by atoms with Crippen LogP contribution in [-0.4, -0.2) is 8.42 Å². The van der Waals surface area contributed by atoms with E-state index in [9.17, 15) is 8.42 Å². The van der Waals surface area contributed by atoms with Gasteiger partial charge in [0.15, 0.2) is 0 Å². The number of nitrogens with one attached hydrogen (secondary N) is 1. The van der Waals surface area contributed by atoms with Gasteiger partial charge in [0.2, 0.25) is 10.0 Å². The van der Waals surface area contributed by atoms with Gasteiger partial charge in [-0.1, -0.05) is 0 Å². The summed E-state index contributed by atoms with van der Waals surface area (Å²) in [5.41, 5.74) is 6.74. The molecule has 0 spiro atoms. The van der Waals surface area contributed by atoms with Crippen molar-refractivity contribution in [3.63, 3.8) is 0 Å². The minimum atomic E-state index is -3.75. The van der Waals surface area contributed by atoms with Crippen LogP contribution >= 0.6 is 0 Å². The number of nitrogens with two attached hydrogens (primary N) is 2. The van der Waals surface area contributed by atoms with Crippen LogP contribution < -0.4 is 16.2 Å². The van der Waals surface area contributed by atoms with Crippen molar-refractivity contribution in [1.82, 2.24) is 0 Å². The van der Waals surface area contributed by atoms with Gasteiger partial charge in [0.25, 0.3) is 0 Å². The molecule has 1 aromatic carbocycles. The van der Waals surface area contributed by atoms with Gasteiger partial charge in [0.1, 0.15) is 5.76 Å². The average Bonchev–Trinajstić information content (AvgIpc) is 2.84. The minimum absolute atomic E-state index is 0.0100. The number of hydrogen-bond acceptors (Lipinski definition) is 5. The highest BCUT2D eigenvalue weighted by Crippen LogP contribution is 2.26. The lowest BCUT2D eigenvalue weighted by molar-refractivity contribution is 0.490. The molecule has 5 N–H and O–H groups in total. The number of nitrogen functional groups attached to an aromatic ring is 1. The van der Waals surface area contributed by atoms with Crippen molar-refractivity contribution in [2.24, 2.45) is 5.14 Å². The lowest BCUT2D eigenvalue weighted by Gasteiger charge is -2.15. The van der Waals surface area contributed by atoms with Crippen molar-refractivity contribution in [2.75, 3.05) is 11.1 Å². The van der Waals surface area contributed by atoms with Gasteiger partial charge in [-0.05, 0) is 37.3 Å². The van der Waals surface area contributed by atoms with E-state index in [4.69, 9.17) is 15.3 Å². The third-order valence-corrected chi connectivity index (χ3v) is 3.61. The van der Waals surface area contributed by atoms with Crippen molar-refractivity contribution in [3.8, 4) is 0 Å². The number of benzene rings is 1. The van der Waals surface area contributed by atoms with Gasteiger partial charge in [0.05, 0.1) is 28.6 Å². The molecule has 0 radical (unpaired) electrons. The van der Waals surface area contributed by atoms with Gasteiger partial charge in [-0.3, -0.25) is 0 Å². The van der Waals surface area contributed by atoms with Crippen LogP contribution in [0.15, 0.2) is 45.9 Å². The number of anilines is 2. The Morgan fingerprint density at radius 3 is 2.63 bits per heavy atom. The second-order valence-corrected chi connectivity index (χ2v) is 5.74. The molecule has 0 amide bonds. The molecule has 0 bridgehead atoms. The maximum absolute atomic E-state index is 11.3. The maximum Gasteiger partial charge on any atom is 0.238 e. The Bertz CT molecular complexity index is 666. The van der Waals surface area contributed by atoms with E-state index in [1.54, 1.807) is 12.3 Å². The Hall–Kier alpha value is -1.99. The van der Waals surface area contributed by atoms with E-state index >= 15 is 0 Å². The lowest BCUT2D eigenvalue weighted by Crippen LogP contribution is -2.14. The van der Waals surface area contributed by atoms with Crippen LogP contribution in [0.4, 0.5) is 11.4 Å². The van der Waals surface area contributed by atoms with Gasteiger partial charge < -0.3 is 15.5 Å². The zero-order chi connectivity index (χ0) is 14.0. The molecule has 1 aromatic heterocycles. The van der Waals surface area contributed by atoms with E-state index in [0.717, 1.165) is 5.76 Å². The first-order valence-electron chi connectivity index (χ1n) is 5.60. The Morgan fingerprint density at radius 2 is 2.05 bits per heavy atom. The molecule has 0 aliphatic rings. The van der Waals surface area contributed by atoms with Gasteiger partial charge in [-0.15, -0.1) is 0 Å². The first kappa shape index (κ1) is 13.4. The minimum Gasteiger partial charge on any atom is -0.467 e. The first-order valence-corrected chi connectivity index (χ1v) is 7.15. The van der Waals surface area contributed by atoms with Crippen molar-refractivity contribution in [1.29, 1.82) is 0 Å². The standard InChI is InChI=1S/C12H15N3O3S/c1-8(12-3-2-6-18-12)15-11-7-9(19(14,16)17)4-5-10(11)13/h2-8,15H,13H2,1H3,(H2,14,16,17). The summed E-state index contributed by atoms with van der Waals surface area (Å²) >= 11 is 0. The van der Waals surface area contributed by atoms with Crippen molar-refractivity contribution >= 4 is 21.4 Å². The average molecular weight is 281 g/mol.